The molecular formula is CH5IN4O. The maximum absolute atomic E-state index is 7.82. The van der Waals surface area contributed by atoms with Crippen LogP contribution in [-0.4, -0.2) is 11.2 Å². The van der Waals surface area contributed by atoms with Crippen molar-refractivity contribution in [2.75, 3.05) is 0 Å². The van der Waals surface area contributed by atoms with E-state index in [1.165, 1.54) is 0 Å². The number of guanidine groups is 1. The Hall–Kier alpha value is -0.240. The minimum Gasteiger partial charge on any atom is -0.408 e. The lowest BCUT2D eigenvalue weighted by molar-refractivity contribution is 0.315. The first kappa shape index (κ1) is 6.76. The Morgan fingerprint density at radius 2 is 2.43 bits per heavy atom. The second-order valence-electron chi connectivity index (χ2n) is 0.705. The Morgan fingerprint density at radius 3 is 2.57 bits per heavy atom. The van der Waals surface area contributed by atoms with E-state index in [1.54, 1.807) is 22.9 Å². The third kappa shape index (κ3) is 3.59. The summed E-state index contributed by atoms with van der Waals surface area (Å²) in [7, 11) is 0. The minimum atomic E-state index is -0.0607. The fourth-order valence-corrected chi connectivity index (χ4v) is 0.350. The number of halogens is 1. The van der Waals surface area contributed by atoms with Crippen molar-refractivity contribution in [3.8, 4) is 0 Å². The molecule has 0 radical (unpaired) electrons. The Labute approximate surface area is 54.4 Å². The summed E-state index contributed by atoms with van der Waals surface area (Å²) in [6, 6.07) is 0. The van der Waals surface area contributed by atoms with Crippen LogP contribution in [-0.2, 0) is 0 Å². The largest absolute Gasteiger partial charge is 0.408 e. The van der Waals surface area contributed by atoms with Gasteiger partial charge >= 0.3 is 0 Å². The van der Waals surface area contributed by atoms with Gasteiger partial charge in [-0.3, -0.25) is 5.43 Å². The first-order chi connectivity index (χ1) is 3.31. The zero-order valence-electron chi connectivity index (χ0n) is 3.35. The number of hydrogen-bond donors (Lipinski definition) is 4. The van der Waals surface area contributed by atoms with E-state index in [0.717, 1.165) is 0 Å². The number of nitrogens with two attached hydrogens (primary N) is 1. The first-order valence-electron chi connectivity index (χ1n) is 1.40. The van der Waals surface area contributed by atoms with Gasteiger partial charge in [-0.25, -0.2) is 0 Å². The van der Waals surface area contributed by atoms with E-state index >= 15 is 0 Å². The zero-order valence-corrected chi connectivity index (χ0v) is 5.51. The summed E-state index contributed by atoms with van der Waals surface area (Å²) >= 11 is 1.79. The van der Waals surface area contributed by atoms with Gasteiger partial charge in [-0.2, -0.15) is 3.64 Å². The van der Waals surface area contributed by atoms with Crippen LogP contribution in [0.15, 0.2) is 5.16 Å². The summed E-state index contributed by atoms with van der Waals surface area (Å²) in [4.78, 5) is 0. The quantitative estimate of drug-likeness (QED) is 0.115. The molecule has 0 heterocycles. The lowest BCUT2D eigenvalue weighted by Gasteiger charge is -1.94. The van der Waals surface area contributed by atoms with Gasteiger partial charge in [0.2, 0.25) is 5.96 Å². The van der Waals surface area contributed by atoms with Gasteiger partial charge in [0.05, 0.1) is 0 Å². The molecule has 0 amide bonds. The normalized spacial score (nSPS) is 11.3. The minimum absolute atomic E-state index is 0.0607. The van der Waals surface area contributed by atoms with E-state index in [-0.39, 0.29) is 5.96 Å². The van der Waals surface area contributed by atoms with Crippen LogP contribution in [0, 0.1) is 0 Å². The molecule has 0 unspecified atom stereocenters. The van der Waals surface area contributed by atoms with Crippen LogP contribution in [0.5, 0.6) is 0 Å². The van der Waals surface area contributed by atoms with Gasteiger partial charge < -0.3 is 10.9 Å². The smallest absolute Gasteiger partial charge is 0.245 e. The molecular weight excluding hydrogens is 211 g/mol. The van der Waals surface area contributed by atoms with Crippen molar-refractivity contribution in [3.63, 3.8) is 0 Å². The van der Waals surface area contributed by atoms with E-state index < -0.39 is 0 Å². The highest BCUT2D eigenvalue weighted by Crippen LogP contribution is 1.58. The summed E-state index contributed by atoms with van der Waals surface area (Å²) < 4.78 is 2.42. The lowest BCUT2D eigenvalue weighted by atomic mass is 11.1. The Balaban J connectivity index is 3.17. The first-order valence-corrected chi connectivity index (χ1v) is 2.48. The molecule has 5 nitrogen and oxygen atoms in total. The van der Waals surface area contributed by atoms with Crippen molar-refractivity contribution >= 4 is 28.8 Å². The summed E-state index contributed by atoms with van der Waals surface area (Å²) in [5.74, 6) is -0.0607. The van der Waals surface area contributed by atoms with Gasteiger partial charge in [-0.1, -0.05) is 5.16 Å². The van der Waals surface area contributed by atoms with Crippen LogP contribution in [0.1, 0.15) is 0 Å². The van der Waals surface area contributed by atoms with Gasteiger partial charge in [-0.15, -0.1) is 0 Å². The third-order valence-corrected chi connectivity index (χ3v) is 0.553. The molecule has 6 heteroatoms. The third-order valence-electron chi connectivity index (χ3n) is 0.283. The Bertz CT molecular complexity index is 72.1. The topological polar surface area (TPSA) is 82.7 Å². The molecule has 0 aromatic rings. The average molecular weight is 216 g/mol. The van der Waals surface area contributed by atoms with Crippen molar-refractivity contribution in [1.82, 2.24) is 9.06 Å². The van der Waals surface area contributed by atoms with Crippen molar-refractivity contribution in [2.24, 2.45) is 10.9 Å². The second kappa shape index (κ2) is 3.93. The summed E-state index contributed by atoms with van der Waals surface area (Å²) in [5, 5.41) is 10.4. The number of rotatable bonds is 1. The second-order valence-corrected chi connectivity index (χ2v) is 1.24. The maximum atomic E-state index is 7.82. The molecule has 7 heavy (non-hydrogen) atoms. The molecule has 0 aliphatic heterocycles. The molecule has 0 spiro atoms. The van der Waals surface area contributed by atoms with E-state index in [1.807, 2.05) is 0 Å². The Morgan fingerprint density at radius 1 is 1.86 bits per heavy atom. The van der Waals surface area contributed by atoms with Crippen LogP contribution in [0.2, 0.25) is 0 Å². The van der Waals surface area contributed by atoms with Gasteiger partial charge in [0, 0.05) is 22.9 Å². The van der Waals surface area contributed by atoms with Crippen LogP contribution in [0.4, 0.5) is 0 Å². The summed E-state index contributed by atoms with van der Waals surface area (Å²) in [6.07, 6.45) is 0. The van der Waals surface area contributed by atoms with Crippen molar-refractivity contribution < 1.29 is 5.21 Å². The molecule has 0 aromatic heterocycles. The molecule has 0 rings (SSSR count). The molecule has 0 saturated heterocycles. The van der Waals surface area contributed by atoms with Crippen LogP contribution in [0.3, 0.4) is 0 Å². The highest BCUT2D eigenvalue weighted by atomic mass is 127. The molecule has 0 saturated carbocycles. The Kier molecular flexibility index (Phi) is 3.80. The SMILES string of the molecule is NC(=NO)NNI. The highest BCUT2D eigenvalue weighted by Gasteiger charge is 1.80. The monoisotopic (exact) mass is 216 g/mol. The van der Waals surface area contributed by atoms with Crippen molar-refractivity contribution in [2.45, 2.75) is 0 Å². The van der Waals surface area contributed by atoms with Gasteiger partial charge in [0.15, 0.2) is 0 Å². The summed E-state index contributed by atoms with van der Waals surface area (Å²) in [6.45, 7) is 0. The zero-order chi connectivity index (χ0) is 5.70. The number of nitrogens with zero attached hydrogens (tertiary/aromatic N) is 1. The lowest BCUT2D eigenvalue weighted by Crippen LogP contribution is -2.36. The standard InChI is InChI=1S/CH5IN4O/c2-6-4-1(3)5-7/h6-7H,(H3,3,4,5). The number of hydrogen-bond acceptors (Lipinski definition) is 3. The van der Waals surface area contributed by atoms with Crippen LogP contribution in [0.25, 0.3) is 0 Å². The molecule has 0 aromatic carbocycles. The van der Waals surface area contributed by atoms with Crippen molar-refractivity contribution in [1.29, 1.82) is 0 Å². The van der Waals surface area contributed by atoms with E-state index in [2.05, 4.69) is 14.2 Å². The fraction of sp³-hybridized carbons (Fsp3) is 0. The number of nitrogens with one attached hydrogen (secondary N) is 2. The van der Waals surface area contributed by atoms with E-state index in [9.17, 15) is 0 Å². The molecule has 42 valence electrons. The van der Waals surface area contributed by atoms with Gasteiger partial charge in [0.1, 0.15) is 0 Å². The molecule has 0 aliphatic rings. The average Bonchev–Trinajstić information content (AvgIpc) is 1.68. The van der Waals surface area contributed by atoms with Crippen molar-refractivity contribution in [3.05, 3.63) is 0 Å². The fourth-order valence-electron chi connectivity index (χ4n) is 0.0734. The maximum Gasteiger partial charge on any atom is 0.245 e. The molecule has 0 fully saturated rings. The van der Waals surface area contributed by atoms with Crippen LogP contribution >= 0.6 is 22.9 Å². The molecule has 0 aliphatic carbocycles. The predicted octanol–water partition coefficient (Wildman–Crippen LogP) is -0.866. The number of oxime groups is 1. The van der Waals surface area contributed by atoms with Gasteiger partial charge in [0.25, 0.3) is 0 Å². The van der Waals surface area contributed by atoms with Gasteiger partial charge in [-0.05, 0) is 0 Å². The van der Waals surface area contributed by atoms with E-state index in [4.69, 9.17) is 10.9 Å². The summed E-state index contributed by atoms with van der Waals surface area (Å²) in [5.41, 5.74) is 7.21. The number of hydrazine groups is 1. The van der Waals surface area contributed by atoms with E-state index in [0.29, 0.717) is 0 Å². The van der Waals surface area contributed by atoms with Crippen LogP contribution < -0.4 is 14.8 Å². The highest BCUT2D eigenvalue weighted by molar-refractivity contribution is 14.1. The molecule has 5 N–H and O–H groups in total. The molecule has 0 bridgehead atoms. The predicted molar refractivity (Wildman–Crippen MR) is 33.7 cm³/mol. The molecule has 0 atom stereocenters.